The second-order valence-corrected chi connectivity index (χ2v) is 4.86. The summed E-state index contributed by atoms with van der Waals surface area (Å²) in [4.78, 5) is 2.23. The maximum absolute atomic E-state index is 8.96. The zero-order valence-corrected chi connectivity index (χ0v) is 11.3. The van der Waals surface area contributed by atoms with E-state index in [1.54, 1.807) is 0 Å². The summed E-state index contributed by atoms with van der Waals surface area (Å²) in [6, 6.07) is 8.90. The summed E-state index contributed by atoms with van der Waals surface area (Å²) in [6.07, 6.45) is 0.924. The van der Waals surface area contributed by atoms with Crippen LogP contribution in [-0.2, 0) is 6.54 Å². The minimum Gasteiger partial charge on any atom is -0.301 e. The number of hydrogen-bond acceptors (Lipinski definition) is 2. The van der Waals surface area contributed by atoms with Crippen molar-refractivity contribution in [3.63, 3.8) is 0 Å². The lowest BCUT2D eigenvalue weighted by molar-refractivity contribution is 0.292. The third-order valence-electron chi connectivity index (χ3n) is 3.15. The minimum absolute atomic E-state index is 0.144. The molecular weight excluding hydrogens is 208 g/mol. The molecule has 0 aliphatic rings. The van der Waals surface area contributed by atoms with Gasteiger partial charge in [-0.3, -0.25) is 0 Å². The van der Waals surface area contributed by atoms with Gasteiger partial charge in [-0.05, 0) is 38.4 Å². The van der Waals surface area contributed by atoms with Crippen LogP contribution >= 0.6 is 0 Å². The van der Waals surface area contributed by atoms with Crippen LogP contribution in [0.2, 0.25) is 0 Å². The van der Waals surface area contributed by atoms with Crippen LogP contribution in [0, 0.1) is 31.1 Å². The highest BCUT2D eigenvalue weighted by molar-refractivity contribution is 5.30. The lowest BCUT2D eigenvalue weighted by Crippen LogP contribution is -2.24. The van der Waals surface area contributed by atoms with Crippen molar-refractivity contribution in [2.45, 2.75) is 33.7 Å². The van der Waals surface area contributed by atoms with Crippen molar-refractivity contribution in [2.24, 2.45) is 5.92 Å². The van der Waals surface area contributed by atoms with E-state index in [1.807, 2.05) is 0 Å². The molecule has 2 nitrogen and oxygen atoms in total. The number of nitrogens with zero attached hydrogens (tertiary/aromatic N) is 2. The van der Waals surface area contributed by atoms with E-state index in [0.29, 0.717) is 0 Å². The van der Waals surface area contributed by atoms with Gasteiger partial charge in [0.15, 0.2) is 0 Å². The first kappa shape index (κ1) is 13.7. The number of rotatable bonds is 5. The molecule has 0 amide bonds. The smallest absolute Gasteiger partial charge is 0.0669 e. The lowest BCUT2D eigenvalue weighted by atomic mass is 10.0. The van der Waals surface area contributed by atoms with Gasteiger partial charge in [0.05, 0.1) is 12.0 Å². The van der Waals surface area contributed by atoms with Crippen molar-refractivity contribution in [2.75, 3.05) is 13.6 Å². The molecule has 0 N–H and O–H groups in total. The quantitative estimate of drug-likeness (QED) is 0.776. The van der Waals surface area contributed by atoms with Crippen LogP contribution in [0.25, 0.3) is 0 Å². The van der Waals surface area contributed by atoms with Crippen molar-refractivity contribution in [1.29, 1.82) is 5.26 Å². The lowest BCUT2D eigenvalue weighted by Gasteiger charge is -2.20. The van der Waals surface area contributed by atoms with E-state index in [9.17, 15) is 0 Å². The molecule has 17 heavy (non-hydrogen) atoms. The molecule has 1 atom stereocenters. The van der Waals surface area contributed by atoms with Gasteiger partial charge in [0.2, 0.25) is 0 Å². The first-order valence-electron chi connectivity index (χ1n) is 6.21. The first-order valence-corrected chi connectivity index (χ1v) is 6.21. The minimum atomic E-state index is 0.144. The molecule has 0 aliphatic carbocycles. The Kier molecular flexibility index (Phi) is 5.18. The number of nitriles is 1. The largest absolute Gasteiger partial charge is 0.301 e. The molecule has 1 aromatic carbocycles. The molecule has 2 heteroatoms. The Balaban J connectivity index is 2.62. The Morgan fingerprint density at radius 3 is 2.59 bits per heavy atom. The van der Waals surface area contributed by atoms with Gasteiger partial charge in [-0.1, -0.05) is 30.7 Å². The molecule has 1 rings (SSSR count). The predicted octanol–water partition coefficient (Wildman–Crippen LogP) is 3.29. The summed E-state index contributed by atoms with van der Waals surface area (Å²) in [5.74, 6) is 0.144. The van der Waals surface area contributed by atoms with Crippen LogP contribution in [0.5, 0.6) is 0 Å². The number of aryl methyl sites for hydroxylation is 2. The van der Waals surface area contributed by atoms with Crippen LogP contribution in [0.4, 0.5) is 0 Å². The van der Waals surface area contributed by atoms with Crippen molar-refractivity contribution < 1.29 is 0 Å². The molecule has 0 bridgehead atoms. The summed E-state index contributed by atoms with van der Waals surface area (Å²) < 4.78 is 0. The van der Waals surface area contributed by atoms with Crippen LogP contribution < -0.4 is 0 Å². The summed E-state index contributed by atoms with van der Waals surface area (Å²) in [5.41, 5.74) is 3.99. The second kappa shape index (κ2) is 6.42. The van der Waals surface area contributed by atoms with Crippen LogP contribution in [-0.4, -0.2) is 18.5 Å². The fourth-order valence-corrected chi connectivity index (χ4v) is 2.02. The summed E-state index contributed by atoms with van der Waals surface area (Å²) in [6.45, 7) is 8.10. The molecule has 0 aliphatic heterocycles. The van der Waals surface area contributed by atoms with E-state index in [0.717, 1.165) is 19.5 Å². The molecule has 0 aromatic heterocycles. The maximum atomic E-state index is 8.96. The summed E-state index contributed by atoms with van der Waals surface area (Å²) >= 11 is 0. The van der Waals surface area contributed by atoms with E-state index < -0.39 is 0 Å². The molecule has 1 unspecified atom stereocenters. The molecule has 0 radical (unpaired) electrons. The van der Waals surface area contributed by atoms with Gasteiger partial charge in [0.25, 0.3) is 0 Å². The average Bonchev–Trinajstić information content (AvgIpc) is 2.29. The standard InChI is InChI=1S/C15H22N2/c1-5-14(9-16)10-17(4)11-15-7-6-12(2)8-13(15)3/h6-8,14H,5,10-11H2,1-4H3. The van der Waals surface area contributed by atoms with Crippen molar-refractivity contribution in [3.05, 3.63) is 34.9 Å². The van der Waals surface area contributed by atoms with Crippen LogP contribution in [0.15, 0.2) is 18.2 Å². The normalized spacial score (nSPS) is 12.5. The zero-order chi connectivity index (χ0) is 12.8. The third kappa shape index (κ3) is 4.20. The van der Waals surface area contributed by atoms with Crippen molar-refractivity contribution in [1.82, 2.24) is 4.90 Å². The van der Waals surface area contributed by atoms with Crippen molar-refractivity contribution >= 4 is 0 Å². The molecule has 1 aromatic rings. The van der Waals surface area contributed by atoms with Gasteiger partial charge in [0, 0.05) is 13.1 Å². The highest BCUT2D eigenvalue weighted by Crippen LogP contribution is 2.13. The summed E-state index contributed by atoms with van der Waals surface area (Å²) in [5, 5.41) is 8.96. The highest BCUT2D eigenvalue weighted by Gasteiger charge is 2.09. The molecule has 0 saturated carbocycles. The van der Waals surface area contributed by atoms with Gasteiger partial charge in [0.1, 0.15) is 0 Å². The van der Waals surface area contributed by atoms with Crippen molar-refractivity contribution in [3.8, 4) is 6.07 Å². The first-order chi connectivity index (χ1) is 8.06. The van der Waals surface area contributed by atoms with E-state index >= 15 is 0 Å². The van der Waals surface area contributed by atoms with E-state index in [2.05, 4.69) is 57.0 Å². The van der Waals surface area contributed by atoms with Gasteiger partial charge in [-0.25, -0.2) is 0 Å². The zero-order valence-electron chi connectivity index (χ0n) is 11.3. The van der Waals surface area contributed by atoms with Gasteiger partial charge in [-0.2, -0.15) is 5.26 Å². The van der Waals surface area contributed by atoms with Crippen LogP contribution in [0.3, 0.4) is 0 Å². The Hall–Kier alpha value is -1.33. The van der Waals surface area contributed by atoms with Gasteiger partial charge in [-0.15, -0.1) is 0 Å². The van der Waals surface area contributed by atoms with E-state index in [-0.39, 0.29) is 5.92 Å². The third-order valence-corrected chi connectivity index (χ3v) is 3.15. The molecule has 0 saturated heterocycles. The highest BCUT2D eigenvalue weighted by atomic mass is 15.1. The fourth-order valence-electron chi connectivity index (χ4n) is 2.02. The number of hydrogen-bond donors (Lipinski definition) is 0. The maximum Gasteiger partial charge on any atom is 0.0669 e. The van der Waals surface area contributed by atoms with Gasteiger partial charge >= 0.3 is 0 Å². The van der Waals surface area contributed by atoms with E-state index in [1.165, 1.54) is 16.7 Å². The monoisotopic (exact) mass is 230 g/mol. The Morgan fingerprint density at radius 2 is 2.06 bits per heavy atom. The number of benzene rings is 1. The molecule has 0 fully saturated rings. The molecular formula is C15H22N2. The Labute approximate surface area is 105 Å². The topological polar surface area (TPSA) is 27.0 Å². The van der Waals surface area contributed by atoms with Crippen LogP contribution in [0.1, 0.15) is 30.0 Å². The Morgan fingerprint density at radius 1 is 1.35 bits per heavy atom. The average molecular weight is 230 g/mol. The van der Waals surface area contributed by atoms with Gasteiger partial charge < -0.3 is 4.90 Å². The molecule has 92 valence electrons. The second-order valence-electron chi connectivity index (χ2n) is 4.86. The SMILES string of the molecule is CCC(C#N)CN(C)Cc1ccc(C)cc1C. The fraction of sp³-hybridized carbons (Fsp3) is 0.533. The molecule has 0 heterocycles. The predicted molar refractivity (Wildman–Crippen MR) is 71.6 cm³/mol. The summed E-state index contributed by atoms with van der Waals surface area (Å²) in [7, 11) is 2.08. The Bertz CT molecular complexity index is 404. The molecule has 0 spiro atoms. The van der Waals surface area contributed by atoms with E-state index in [4.69, 9.17) is 5.26 Å².